The molecule has 9 nitrogen and oxygen atoms in total. The molecular weight excluding hydrogens is 348 g/mol. The summed E-state index contributed by atoms with van der Waals surface area (Å²) in [6.07, 6.45) is 0.870. The van der Waals surface area contributed by atoms with Crippen LogP contribution in [-0.4, -0.2) is 32.1 Å². The van der Waals surface area contributed by atoms with Gasteiger partial charge in [0.05, 0.1) is 11.0 Å². The van der Waals surface area contributed by atoms with Gasteiger partial charge in [0.15, 0.2) is 5.82 Å². The van der Waals surface area contributed by atoms with Crippen LogP contribution in [0.2, 0.25) is 0 Å². The maximum atomic E-state index is 11.7. The number of anilines is 2. The second-order valence-corrected chi connectivity index (χ2v) is 7.40. The van der Waals surface area contributed by atoms with Crippen molar-refractivity contribution in [3.05, 3.63) is 39.5 Å². The molecular formula is C18H22N6O3. The maximum absolute atomic E-state index is 11.7. The van der Waals surface area contributed by atoms with E-state index in [1.807, 2.05) is 11.8 Å². The molecule has 1 N–H and O–H groups in total. The van der Waals surface area contributed by atoms with E-state index < -0.39 is 0 Å². The Hall–Kier alpha value is -2.97. The Balaban J connectivity index is 1.77. The van der Waals surface area contributed by atoms with Crippen molar-refractivity contribution in [3.8, 4) is 0 Å². The number of nitrogens with one attached hydrogen (secondary N) is 1. The van der Waals surface area contributed by atoms with Crippen molar-refractivity contribution >= 4 is 23.0 Å². The van der Waals surface area contributed by atoms with Crippen molar-refractivity contribution in [1.29, 1.82) is 0 Å². The van der Waals surface area contributed by atoms with Gasteiger partial charge in [0.1, 0.15) is 11.5 Å². The fourth-order valence-corrected chi connectivity index (χ4v) is 3.94. The molecule has 0 spiro atoms. The van der Waals surface area contributed by atoms with Crippen LogP contribution in [0, 0.1) is 10.1 Å². The first-order valence-electron chi connectivity index (χ1n) is 9.17. The topological polar surface area (TPSA) is 106 Å². The number of nitro benzene ring substituents is 1. The average Bonchev–Trinajstić information content (AvgIpc) is 3.06. The van der Waals surface area contributed by atoms with E-state index in [0.29, 0.717) is 37.3 Å². The van der Waals surface area contributed by atoms with Gasteiger partial charge < -0.3 is 14.8 Å². The molecule has 1 amide bonds. The van der Waals surface area contributed by atoms with Crippen molar-refractivity contribution in [1.82, 2.24) is 14.8 Å². The number of aryl methyl sites for hydroxylation is 1. The maximum Gasteiger partial charge on any atom is 0.292 e. The fraction of sp³-hybridized carbons (Fsp3) is 0.500. The molecule has 0 fully saturated rings. The van der Waals surface area contributed by atoms with Gasteiger partial charge in [-0.1, -0.05) is 13.8 Å². The second kappa shape index (κ2) is 6.33. The van der Waals surface area contributed by atoms with Crippen molar-refractivity contribution in [2.45, 2.75) is 52.1 Å². The zero-order valence-corrected chi connectivity index (χ0v) is 15.6. The van der Waals surface area contributed by atoms with Crippen molar-refractivity contribution in [2.24, 2.45) is 0 Å². The smallest absolute Gasteiger partial charge is 0.292 e. The number of aromatic nitrogens is 3. The Bertz CT molecular complexity index is 935. The summed E-state index contributed by atoms with van der Waals surface area (Å²) in [4.78, 5) is 25.1. The third-order valence-corrected chi connectivity index (χ3v) is 5.33. The lowest BCUT2D eigenvalue weighted by Crippen LogP contribution is -2.38. The van der Waals surface area contributed by atoms with E-state index in [9.17, 15) is 14.9 Å². The Morgan fingerprint density at radius 2 is 2.04 bits per heavy atom. The van der Waals surface area contributed by atoms with E-state index in [1.165, 1.54) is 0 Å². The number of hydrogen-bond donors (Lipinski definition) is 1. The van der Waals surface area contributed by atoms with Crippen LogP contribution in [0.25, 0.3) is 0 Å². The minimum absolute atomic E-state index is 0.0599. The minimum atomic E-state index is -0.350. The molecule has 1 unspecified atom stereocenters. The molecule has 0 bridgehead atoms. The Morgan fingerprint density at radius 3 is 2.74 bits per heavy atom. The summed E-state index contributed by atoms with van der Waals surface area (Å²) in [5.41, 5.74) is 2.04. The molecule has 4 rings (SSSR count). The number of hydrogen-bond acceptors (Lipinski definition) is 6. The molecule has 1 aromatic heterocycles. The number of nitro groups is 1. The fourth-order valence-electron chi connectivity index (χ4n) is 3.94. The summed E-state index contributed by atoms with van der Waals surface area (Å²) in [6.45, 7) is 7.41. The van der Waals surface area contributed by atoms with Gasteiger partial charge in [0, 0.05) is 37.2 Å². The van der Waals surface area contributed by atoms with Gasteiger partial charge in [-0.05, 0) is 25.0 Å². The first-order valence-corrected chi connectivity index (χ1v) is 9.17. The normalized spacial score (nSPS) is 18.9. The van der Waals surface area contributed by atoms with Gasteiger partial charge in [-0.3, -0.25) is 14.9 Å². The predicted molar refractivity (Wildman–Crippen MR) is 99.9 cm³/mol. The number of carbonyl (C=O) groups is 1. The van der Waals surface area contributed by atoms with E-state index in [1.54, 1.807) is 12.1 Å². The van der Waals surface area contributed by atoms with Crippen molar-refractivity contribution in [3.63, 3.8) is 0 Å². The van der Waals surface area contributed by atoms with Crippen LogP contribution in [-0.2, 0) is 17.8 Å². The van der Waals surface area contributed by atoms with Crippen LogP contribution in [0.15, 0.2) is 12.1 Å². The zero-order valence-electron chi connectivity index (χ0n) is 15.6. The molecule has 1 atom stereocenters. The lowest BCUT2D eigenvalue weighted by molar-refractivity contribution is -0.384. The summed E-state index contributed by atoms with van der Waals surface area (Å²) < 4.78 is 2.11. The predicted octanol–water partition coefficient (Wildman–Crippen LogP) is 2.78. The van der Waals surface area contributed by atoms with E-state index in [0.717, 1.165) is 17.2 Å². The highest BCUT2D eigenvalue weighted by Crippen LogP contribution is 2.40. The summed E-state index contributed by atoms with van der Waals surface area (Å²) in [5.74, 6) is 1.94. The molecule has 27 heavy (non-hydrogen) atoms. The first-order chi connectivity index (χ1) is 12.9. The monoisotopic (exact) mass is 370 g/mol. The van der Waals surface area contributed by atoms with Gasteiger partial charge in [0.2, 0.25) is 5.91 Å². The van der Waals surface area contributed by atoms with Crippen LogP contribution in [0.3, 0.4) is 0 Å². The molecule has 1 aromatic carbocycles. The van der Waals surface area contributed by atoms with Gasteiger partial charge in [-0.15, -0.1) is 10.2 Å². The molecule has 9 heteroatoms. The highest BCUT2D eigenvalue weighted by molar-refractivity contribution is 5.95. The van der Waals surface area contributed by atoms with Gasteiger partial charge in [-0.25, -0.2) is 0 Å². The molecule has 2 aliphatic rings. The molecule has 0 saturated heterocycles. The molecule has 2 aromatic rings. The highest BCUT2D eigenvalue weighted by Gasteiger charge is 2.33. The second-order valence-electron chi connectivity index (χ2n) is 7.40. The van der Waals surface area contributed by atoms with E-state index >= 15 is 0 Å². The molecule has 3 heterocycles. The first kappa shape index (κ1) is 17.4. The third-order valence-electron chi connectivity index (χ3n) is 5.33. The van der Waals surface area contributed by atoms with E-state index in [2.05, 4.69) is 33.9 Å². The molecule has 2 aliphatic heterocycles. The molecule has 0 aliphatic carbocycles. The lowest BCUT2D eigenvalue weighted by Gasteiger charge is -2.36. The van der Waals surface area contributed by atoms with Crippen LogP contribution >= 0.6 is 0 Å². The summed E-state index contributed by atoms with van der Waals surface area (Å²) in [5, 5.41) is 23.2. The highest BCUT2D eigenvalue weighted by atomic mass is 16.6. The summed E-state index contributed by atoms with van der Waals surface area (Å²) >= 11 is 0. The number of nitrogens with zero attached hydrogens (tertiary/aromatic N) is 5. The largest absolute Gasteiger partial charge is 0.354 e. The van der Waals surface area contributed by atoms with E-state index in [4.69, 9.17) is 0 Å². The summed E-state index contributed by atoms with van der Waals surface area (Å²) in [7, 11) is 0. The Kier molecular flexibility index (Phi) is 4.09. The average molecular weight is 370 g/mol. The lowest BCUT2D eigenvalue weighted by atomic mass is 10.00. The number of benzene rings is 1. The number of carbonyl (C=O) groups excluding carboxylic acids is 1. The Labute approximate surface area is 156 Å². The number of amides is 1. The summed E-state index contributed by atoms with van der Waals surface area (Å²) in [6, 6.07) is 3.17. The molecule has 142 valence electrons. The van der Waals surface area contributed by atoms with Gasteiger partial charge >= 0.3 is 0 Å². The van der Waals surface area contributed by atoms with Crippen LogP contribution in [0.4, 0.5) is 17.1 Å². The van der Waals surface area contributed by atoms with Crippen LogP contribution in [0.5, 0.6) is 0 Å². The third kappa shape index (κ3) is 2.83. The van der Waals surface area contributed by atoms with Gasteiger partial charge in [-0.2, -0.15) is 0 Å². The van der Waals surface area contributed by atoms with Gasteiger partial charge in [0.25, 0.3) is 5.69 Å². The SMILES string of the molecule is CC(C)c1nnc2n1CCN(c1cc3c(cc1[N+](=O)[O-])CCC(=O)N3)C2C. The molecule has 0 radical (unpaired) electrons. The Morgan fingerprint density at radius 1 is 1.26 bits per heavy atom. The van der Waals surface area contributed by atoms with Crippen LogP contribution < -0.4 is 10.2 Å². The van der Waals surface area contributed by atoms with Crippen molar-refractivity contribution < 1.29 is 9.72 Å². The van der Waals surface area contributed by atoms with Crippen molar-refractivity contribution in [2.75, 3.05) is 16.8 Å². The van der Waals surface area contributed by atoms with Crippen LogP contribution in [0.1, 0.15) is 56.4 Å². The minimum Gasteiger partial charge on any atom is -0.354 e. The zero-order chi connectivity index (χ0) is 19.3. The number of rotatable bonds is 3. The van der Waals surface area contributed by atoms with E-state index in [-0.39, 0.29) is 28.5 Å². The molecule has 0 saturated carbocycles. The number of fused-ring (bicyclic) bond motifs is 2. The standard InChI is InChI=1S/C18H22N6O3/c1-10(2)17-20-21-18-11(3)22(6-7-23(17)18)14-9-13-12(4-5-16(25)19-13)8-15(14)24(26)27/h8-11H,4-7H2,1-3H3,(H,19,25). The quantitative estimate of drug-likeness (QED) is 0.658.